The van der Waals surface area contributed by atoms with Gasteiger partial charge in [-0.1, -0.05) is 24.3 Å². The first-order valence-corrected chi connectivity index (χ1v) is 7.07. The predicted molar refractivity (Wildman–Crippen MR) is 78.3 cm³/mol. The Morgan fingerprint density at radius 1 is 1.05 bits per heavy atom. The van der Waals surface area contributed by atoms with Gasteiger partial charge in [0.2, 0.25) is 0 Å². The van der Waals surface area contributed by atoms with E-state index < -0.39 is 0 Å². The molecule has 1 aromatic carbocycles. The standard InChI is InChI=1S/C17H17N2O/c20-17(19-11-4-1-5-12-19)16-9-3-2-8-15(16)14-7-6-10-18-13-14/h2-3,6-10H,1,4-5,11-12H2. The molecule has 101 valence electrons. The van der Waals surface area contributed by atoms with Crippen LogP contribution in [0.5, 0.6) is 0 Å². The number of hydrogen-bond donors (Lipinski definition) is 0. The lowest BCUT2D eigenvalue weighted by atomic mass is 9.99. The second kappa shape index (κ2) is 5.87. The van der Waals surface area contributed by atoms with E-state index in [9.17, 15) is 4.79 Å². The molecule has 2 heterocycles. The van der Waals surface area contributed by atoms with Gasteiger partial charge < -0.3 is 4.90 Å². The molecular weight excluding hydrogens is 248 g/mol. The molecule has 2 aromatic rings. The monoisotopic (exact) mass is 265 g/mol. The maximum Gasteiger partial charge on any atom is 0.254 e. The zero-order valence-corrected chi connectivity index (χ0v) is 11.4. The summed E-state index contributed by atoms with van der Waals surface area (Å²) in [6.07, 6.45) is 8.09. The molecule has 1 saturated heterocycles. The molecule has 0 N–H and O–H groups in total. The molecule has 1 fully saturated rings. The molecule has 0 spiro atoms. The van der Waals surface area contributed by atoms with Crippen molar-refractivity contribution in [2.75, 3.05) is 13.1 Å². The van der Waals surface area contributed by atoms with Crippen molar-refractivity contribution in [3.8, 4) is 11.1 Å². The second-order valence-electron chi connectivity index (χ2n) is 5.06. The van der Waals surface area contributed by atoms with Crippen LogP contribution in [0.1, 0.15) is 29.6 Å². The number of carbonyl (C=O) groups excluding carboxylic acids is 1. The van der Waals surface area contributed by atoms with E-state index in [0.29, 0.717) is 0 Å². The number of piperidine rings is 1. The topological polar surface area (TPSA) is 33.2 Å². The summed E-state index contributed by atoms with van der Waals surface area (Å²) in [6.45, 7) is 1.73. The average molecular weight is 265 g/mol. The van der Waals surface area contributed by atoms with Crippen molar-refractivity contribution in [3.05, 3.63) is 54.4 Å². The van der Waals surface area contributed by atoms with Gasteiger partial charge in [0.15, 0.2) is 0 Å². The number of likely N-dealkylation sites (tertiary alicyclic amines) is 1. The number of aromatic nitrogens is 1. The molecule has 0 atom stereocenters. The number of pyridine rings is 1. The van der Waals surface area contributed by atoms with Crippen LogP contribution in [0.2, 0.25) is 0 Å². The fraction of sp³-hybridized carbons (Fsp3) is 0.294. The molecule has 3 nitrogen and oxygen atoms in total. The van der Waals surface area contributed by atoms with Crippen molar-refractivity contribution in [1.29, 1.82) is 0 Å². The van der Waals surface area contributed by atoms with Crippen LogP contribution in [0.25, 0.3) is 11.1 Å². The van der Waals surface area contributed by atoms with Crippen LogP contribution in [0.15, 0.2) is 42.6 Å². The van der Waals surface area contributed by atoms with E-state index >= 15 is 0 Å². The Hall–Kier alpha value is -2.16. The smallest absolute Gasteiger partial charge is 0.254 e. The zero-order chi connectivity index (χ0) is 13.8. The van der Waals surface area contributed by atoms with E-state index in [4.69, 9.17) is 0 Å². The highest BCUT2D eigenvalue weighted by atomic mass is 16.2. The maximum atomic E-state index is 12.7. The van der Waals surface area contributed by atoms with Gasteiger partial charge in [-0.2, -0.15) is 0 Å². The minimum atomic E-state index is 0.123. The molecule has 3 heteroatoms. The first-order valence-electron chi connectivity index (χ1n) is 7.07. The molecule has 0 unspecified atom stereocenters. The average Bonchev–Trinajstić information content (AvgIpc) is 2.56. The van der Waals surface area contributed by atoms with Crippen molar-refractivity contribution in [2.45, 2.75) is 19.3 Å². The van der Waals surface area contributed by atoms with Crippen LogP contribution >= 0.6 is 0 Å². The quantitative estimate of drug-likeness (QED) is 0.835. The Kier molecular flexibility index (Phi) is 3.77. The fourth-order valence-corrected chi connectivity index (χ4v) is 2.65. The zero-order valence-electron chi connectivity index (χ0n) is 11.4. The molecule has 20 heavy (non-hydrogen) atoms. The number of amides is 1. The maximum absolute atomic E-state index is 12.7. The summed E-state index contributed by atoms with van der Waals surface area (Å²) in [5.41, 5.74) is 2.53. The summed E-state index contributed by atoms with van der Waals surface area (Å²) in [6, 6.07) is 11.5. The molecule has 0 aliphatic carbocycles. The number of nitrogens with zero attached hydrogens (tertiary/aromatic N) is 2. The first kappa shape index (κ1) is 12.9. The van der Waals surface area contributed by atoms with Gasteiger partial charge in [-0.3, -0.25) is 9.78 Å². The minimum Gasteiger partial charge on any atom is -0.339 e. The number of benzene rings is 1. The Labute approximate surface area is 119 Å². The van der Waals surface area contributed by atoms with Gasteiger partial charge in [0.05, 0.1) is 6.20 Å². The summed E-state index contributed by atoms with van der Waals surface area (Å²) in [5.74, 6) is 0.123. The largest absolute Gasteiger partial charge is 0.339 e. The van der Waals surface area contributed by atoms with E-state index in [1.54, 1.807) is 6.20 Å². The summed E-state index contributed by atoms with van der Waals surface area (Å²) >= 11 is 0. The normalized spacial score (nSPS) is 15.1. The van der Waals surface area contributed by atoms with Crippen LogP contribution < -0.4 is 0 Å². The van der Waals surface area contributed by atoms with Crippen LogP contribution in [0, 0.1) is 6.20 Å². The van der Waals surface area contributed by atoms with Crippen molar-refractivity contribution in [3.63, 3.8) is 0 Å². The number of carbonyl (C=O) groups is 1. The molecule has 3 rings (SSSR count). The molecule has 1 aromatic heterocycles. The van der Waals surface area contributed by atoms with Gasteiger partial charge in [-0.15, -0.1) is 0 Å². The van der Waals surface area contributed by atoms with E-state index in [-0.39, 0.29) is 5.91 Å². The van der Waals surface area contributed by atoms with Crippen molar-refractivity contribution in [2.24, 2.45) is 0 Å². The SMILES string of the molecule is O=C(c1ccccc1-c1[c]nccc1)N1CCCCC1. The van der Waals surface area contributed by atoms with Gasteiger partial charge in [0.1, 0.15) is 0 Å². The molecule has 1 amide bonds. The summed E-state index contributed by atoms with van der Waals surface area (Å²) in [4.78, 5) is 18.7. The van der Waals surface area contributed by atoms with Gasteiger partial charge in [-0.05, 0) is 37.0 Å². The van der Waals surface area contributed by atoms with E-state index in [0.717, 1.165) is 42.6 Å². The molecule has 1 aliphatic rings. The molecule has 0 saturated carbocycles. The lowest BCUT2D eigenvalue weighted by Gasteiger charge is -2.27. The predicted octanol–water partition coefficient (Wildman–Crippen LogP) is 3.17. The summed E-state index contributed by atoms with van der Waals surface area (Å²) < 4.78 is 0. The van der Waals surface area contributed by atoms with Crippen molar-refractivity contribution < 1.29 is 4.79 Å². The van der Waals surface area contributed by atoms with E-state index in [1.807, 2.05) is 41.3 Å². The molecular formula is C17H17N2O. The summed E-state index contributed by atoms with van der Waals surface area (Å²) in [7, 11) is 0. The van der Waals surface area contributed by atoms with Gasteiger partial charge >= 0.3 is 0 Å². The van der Waals surface area contributed by atoms with E-state index in [1.165, 1.54) is 6.42 Å². The van der Waals surface area contributed by atoms with Crippen LogP contribution in [0.3, 0.4) is 0 Å². The highest BCUT2D eigenvalue weighted by Crippen LogP contribution is 2.24. The Morgan fingerprint density at radius 2 is 1.85 bits per heavy atom. The van der Waals surface area contributed by atoms with Crippen LogP contribution in [-0.4, -0.2) is 28.9 Å². The van der Waals surface area contributed by atoms with Gasteiger partial charge in [-0.25, -0.2) is 0 Å². The van der Waals surface area contributed by atoms with E-state index in [2.05, 4.69) is 11.2 Å². The Morgan fingerprint density at radius 3 is 2.60 bits per heavy atom. The lowest BCUT2D eigenvalue weighted by Crippen LogP contribution is -2.35. The van der Waals surface area contributed by atoms with Crippen LogP contribution in [-0.2, 0) is 0 Å². The van der Waals surface area contributed by atoms with Gasteiger partial charge in [0.25, 0.3) is 5.91 Å². The third kappa shape index (κ3) is 2.57. The third-order valence-electron chi connectivity index (χ3n) is 3.70. The van der Waals surface area contributed by atoms with Crippen molar-refractivity contribution in [1.82, 2.24) is 9.88 Å². The highest BCUT2D eigenvalue weighted by molar-refractivity contribution is 6.00. The second-order valence-corrected chi connectivity index (χ2v) is 5.06. The fourth-order valence-electron chi connectivity index (χ4n) is 2.65. The summed E-state index contributed by atoms with van der Waals surface area (Å²) in [5, 5.41) is 0. The molecule has 1 aliphatic heterocycles. The first-order chi connectivity index (χ1) is 9.86. The van der Waals surface area contributed by atoms with Gasteiger partial charge in [0, 0.05) is 30.4 Å². The van der Waals surface area contributed by atoms with Crippen molar-refractivity contribution >= 4 is 5.91 Å². The highest BCUT2D eigenvalue weighted by Gasteiger charge is 2.20. The lowest BCUT2D eigenvalue weighted by molar-refractivity contribution is 0.0725. The molecule has 1 radical (unpaired) electrons. The Bertz CT molecular complexity index is 589. The Balaban J connectivity index is 1.95. The minimum absolute atomic E-state index is 0.123. The number of rotatable bonds is 2. The van der Waals surface area contributed by atoms with Crippen LogP contribution in [0.4, 0.5) is 0 Å². The molecule has 0 bridgehead atoms. The third-order valence-corrected chi connectivity index (χ3v) is 3.70. The number of hydrogen-bond acceptors (Lipinski definition) is 2.